The lowest BCUT2D eigenvalue weighted by molar-refractivity contribution is -0.137. The summed E-state index contributed by atoms with van der Waals surface area (Å²) in [7, 11) is 0. The van der Waals surface area contributed by atoms with Gasteiger partial charge in [-0.25, -0.2) is 4.98 Å². The number of rotatable bonds is 6. The average molecular weight is 284 g/mol. The van der Waals surface area contributed by atoms with E-state index in [1.807, 2.05) is 0 Å². The first kappa shape index (κ1) is 14.5. The van der Waals surface area contributed by atoms with Crippen molar-refractivity contribution in [2.75, 3.05) is 6.54 Å². The number of H-pyrrole nitrogens is 1. The molecule has 108 valence electrons. The van der Waals surface area contributed by atoms with Crippen LogP contribution in [0.2, 0.25) is 0 Å². The van der Waals surface area contributed by atoms with Gasteiger partial charge in [-0.2, -0.15) is 18.3 Å². The highest BCUT2D eigenvalue weighted by Gasteiger charge is 2.30. The van der Waals surface area contributed by atoms with Crippen LogP contribution in [0.15, 0.2) is 30.6 Å². The Bertz CT molecular complexity index is 523. The van der Waals surface area contributed by atoms with E-state index in [-0.39, 0.29) is 0 Å². The van der Waals surface area contributed by atoms with Gasteiger partial charge >= 0.3 is 6.18 Å². The van der Waals surface area contributed by atoms with Gasteiger partial charge in [0.1, 0.15) is 12.2 Å². The molecular weight excluding hydrogens is 269 g/mol. The topological polar surface area (TPSA) is 53.6 Å². The molecule has 0 spiro atoms. The summed E-state index contributed by atoms with van der Waals surface area (Å²) in [5, 5.41) is 9.61. The number of aryl methyl sites for hydroxylation is 1. The van der Waals surface area contributed by atoms with Crippen molar-refractivity contribution in [3.63, 3.8) is 0 Å². The fraction of sp³-hybridized carbons (Fsp3) is 0.385. The molecule has 0 aliphatic rings. The number of benzene rings is 1. The second-order valence-electron chi connectivity index (χ2n) is 4.41. The third-order valence-corrected chi connectivity index (χ3v) is 2.82. The fourth-order valence-electron chi connectivity index (χ4n) is 1.82. The van der Waals surface area contributed by atoms with E-state index in [9.17, 15) is 13.2 Å². The van der Waals surface area contributed by atoms with Crippen molar-refractivity contribution in [2.45, 2.75) is 25.6 Å². The minimum Gasteiger partial charge on any atom is -0.313 e. The van der Waals surface area contributed by atoms with Gasteiger partial charge in [-0.05, 0) is 24.6 Å². The minimum atomic E-state index is -4.29. The van der Waals surface area contributed by atoms with Gasteiger partial charge in [0.2, 0.25) is 0 Å². The molecule has 0 aliphatic carbocycles. The van der Waals surface area contributed by atoms with Crippen LogP contribution in [0.3, 0.4) is 0 Å². The van der Waals surface area contributed by atoms with Crippen LogP contribution in [-0.2, 0) is 19.1 Å². The number of hydrogen-bond donors (Lipinski definition) is 2. The van der Waals surface area contributed by atoms with Gasteiger partial charge < -0.3 is 5.32 Å². The van der Waals surface area contributed by atoms with E-state index in [0.29, 0.717) is 18.7 Å². The second-order valence-corrected chi connectivity index (χ2v) is 4.41. The van der Waals surface area contributed by atoms with Crippen molar-refractivity contribution < 1.29 is 13.2 Å². The lowest BCUT2D eigenvalue weighted by atomic mass is 10.1. The summed E-state index contributed by atoms with van der Waals surface area (Å²) in [6.45, 7) is 1.12. The Hall–Kier alpha value is -1.89. The maximum absolute atomic E-state index is 12.5. The Kier molecular flexibility index (Phi) is 4.73. The molecule has 20 heavy (non-hydrogen) atoms. The minimum absolute atomic E-state index is 0.417. The molecular formula is C13H15F3N4. The molecule has 0 aliphatic heterocycles. The molecule has 1 heterocycles. The molecule has 2 N–H and O–H groups in total. The molecule has 0 unspecified atom stereocenters. The van der Waals surface area contributed by atoms with Gasteiger partial charge in [0.15, 0.2) is 0 Å². The highest BCUT2D eigenvalue weighted by atomic mass is 19.4. The van der Waals surface area contributed by atoms with Gasteiger partial charge in [0, 0.05) is 13.0 Å². The molecule has 0 radical (unpaired) electrons. The number of halogens is 3. The first-order valence-electron chi connectivity index (χ1n) is 6.27. The van der Waals surface area contributed by atoms with Crippen molar-refractivity contribution >= 4 is 0 Å². The van der Waals surface area contributed by atoms with E-state index in [1.54, 1.807) is 6.07 Å². The van der Waals surface area contributed by atoms with Crippen LogP contribution >= 0.6 is 0 Å². The van der Waals surface area contributed by atoms with Crippen LogP contribution < -0.4 is 5.32 Å². The van der Waals surface area contributed by atoms with E-state index in [0.717, 1.165) is 24.7 Å². The zero-order valence-electron chi connectivity index (χ0n) is 10.7. The molecule has 0 saturated heterocycles. The fourth-order valence-corrected chi connectivity index (χ4v) is 1.82. The molecule has 0 fully saturated rings. The predicted octanol–water partition coefficient (Wildman–Crippen LogP) is 2.55. The van der Waals surface area contributed by atoms with Crippen LogP contribution in [0.1, 0.15) is 23.4 Å². The molecule has 4 nitrogen and oxygen atoms in total. The Morgan fingerprint density at radius 3 is 2.80 bits per heavy atom. The first-order chi connectivity index (χ1) is 9.55. The summed E-state index contributed by atoms with van der Waals surface area (Å²) in [4.78, 5) is 3.99. The maximum atomic E-state index is 12.5. The van der Waals surface area contributed by atoms with Crippen molar-refractivity contribution in [3.8, 4) is 0 Å². The van der Waals surface area contributed by atoms with E-state index in [4.69, 9.17) is 0 Å². The van der Waals surface area contributed by atoms with Crippen molar-refractivity contribution in [2.24, 2.45) is 0 Å². The van der Waals surface area contributed by atoms with Crippen molar-refractivity contribution in [1.29, 1.82) is 0 Å². The number of hydrogen-bond acceptors (Lipinski definition) is 3. The second kappa shape index (κ2) is 6.51. The van der Waals surface area contributed by atoms with Crippen LogP contribution in [0, 0.1) is 0 Å². The summed E-state index contributed by atoms with van der Waals surface area (Å²) in [5.74, 6) is 0.811. The first-order valence-corrected chi connectivity index (χ1v) is 6.27. The highest BCUT2D eigenvalue weighted by molar-refractivity contribution is 5.25. The summed E-state index contributed by atoms with van der Waals surface area (Å²) < 4.78 is 37.6. The zero-order valence-corrected chi connectivity index (χ0v) is 10.7. The van der Waals surface area contributed by atoms with Gasteiger partial charge in [-0.3, -0.25) is 5.10 Å². The van der Waals surface area contributed by atoms with Gasteiger partial charge in [-0.1, -0.05) is 18.2 Å². The molecule has 0 bridgehead atoms. The summed E-state index contributed by atoms with van der Waals surface area (Å²) in [5.41, 5.74) is 0.0120. The standard InChI is InChI=1S/C13H15F3N4/c14-13(15,16)11-4-1-3-10(7-11)8-17-6-2-5-12-18-9-19-20-12/h1,3-4,7,9,17H,2,5-6,8H2,(H,18,19,20). The van der Waals surface area contributed by atoms with Gasteiger partial charge in [0.25, 0.3) is 0 Å². The molecule has 1 aromatic heterocycles. The number of nitrogens with zero attached hydrogens (tertiary/aromatic N) is 2. The Morgan fingerprint density at radius 1 is 1.25 bits per heavy atom. The Labute approximate surface area is 114 Å². The third-order valence-electron chi connectivity index (χ3n) is 2.82. The van der Waals surface area contributed by atoms with Crippen molar-refractivity contribution in [3.05, 3.63) is 47.5 Å². The van der Waals surface area contributed by atoms with Crippen LogP contribution in [0.4, 0.5) is 13.2 Å². The third kappa shape index (κ3) is 4.34. The van der Waals surface area contributed by atoms with Gasteiger partial charge in [0.05, 0.1) is 5.56 Å². The lowest BCUT2D eigenvalue weighted by Crippen LogP contribution is -2.16. The van der Waals surface area contributed by atoms with E-state index in [2.05, 4.69) is 20.5 Å². The quantitative estimate of drug-likeness (QED) is 0.802. The molecule has 2 rings (SSSR count). The van der Waals surface area contributed by atoms with Crippen LogP contribution in [0.25, 0.3) is 0 Å². The van der Waals surface area contributed by atoms with E-state index in [1.165, 1.54) is 18.5 Å². The Morgan fingerprint density at radius 2 is 2.10 bits per heavy atom. The van der Waals surface area contributed by atoms with E-state index < -0.39 is 11.7 Å². The van der Waals surface area contributed by atoms with E-state index >= 15 is 0 Å². The summed E-state index contributed by atoms with van der Waals surface area (Å²) in [6, 6.07) is 5.35. The zero-order chi connectivity index (χ0) is 14.4. The highest BCUT2D eigenvalue weighted by Crippen LogP contribution is 2.29. The smallest absolute Gasteiger partial charge is 0.313 e. The molecule has 0 atom stereocenters. The van der Waals surface area contributed by atoms with Crippen LogP contribution in [-0.4, -0.2) is 21.7 Å². The lowest BCUT2D eigenvalue weighted by Gasteiger charge is -2.09. The average Bonchev–Trinajstić information content (AvgIpc) is 2.91. The maximum Gasteiger partial charge on any atom is 0.416 e. The van der Waals surface area contributed by atoms with Gasteiger partial charge in [-0.15, -0.1) is 0 Å². The summed E-state index contributed by atoms with van der Waals surface area (Å²) >= 11 is 0. The normalized spacial score (nSPS) is 11.8. The molecule has 0 saturated carbocycles. The summed E-state index contributed by atoms with van der Waals surface area (Å²) in [6.07, 6.45) is -1.24. The number of nitrogens with one attached hydrogen (secondary N) is 2. The largest absolute Gasteiger partial charge is 0.416 e. The number of alkyl halides is 3. The monoisotopic (exact) mass is 284 g/mol. The Balaban J connectivity index is 1.74. The molecule has 2 aromatic rings. The predicted molar refractivity (Wildman–Crippen MR) is 67.9 cm³/mol. The molecule has 7 heteroatoms. The molecule has 0 amide bonds. The molecule has 1 aromatic carbocycles. The van der Waals surface area contributed by atoms with Crippen LogP contribution in [0.5, 0.6) is 0 Å². The number of aromatic nitrogens is 3. The number of aromatic amines is 1. The SMILES string of the molecule is FC(F)(F)c1cccc(CNCCCc2ncn[nH]2)c1. The van der Waals surface area contributed by atoms with Crippen molar-refractivity contribution in [1.82, 2.24) is 20.5 Å².